The predicted octanol–water partition coefficient (Wildman–Crippen LogP) is 3.18. The number of carbonyl (C=O) groups is 2. The van der Waals surface area contributed by atoms with Gasteiger partial charge in [-0.15, -0.1) is 0 Å². The Bertz CT molecular complexity index is 1060. The molecule has 158 valence electrons. The van der Waals surface area contributed by atoms with E-state index in [-0.39, 0.29) is 11.8 Å². The molecule has 3 aromatic rings. The van der Waals surface area contributed by atoms with E-state index in [0.29, 0.717) is 18.7 Å². The van der Waals surface area contributed by atoms with Gasteiger partial charge in [-0.2, -0.15) is 5.10 Å². The third-order valence-electron chi connectivity index (χ3n) is 6.64. The van der Waals surface area contributed by atoms with Crippen LogP contribution in [0.5, 0.6) is 0 Å². The molecule has 0 radical (unpaired) electrons. The van der Waals surface area contributed by atoms with E-state index in [1.165, 1.54) is 5.56 Å². The molecule has 31 heavy (non-hydrogen) atoms. The zero-order valence-electron chi connectivity index (χ0n) is 17.5. The fraction of sp³-hybridized carbons (Fsp3) is 0.320. The Morgan fingerprint density at radius 1 is 0.968 bits per heavy atom. The molecule has 0 bridgehead atoms. The molecule has 1 spiro atoms. The van der Waals surface area contributed by atoms with E-state index in [2.05, 4.69) is 17.2 Å². The van der Waals surface area contributed by atoms with Gasteiger partial charge < -0.3 is 9.80 Å². The lowest BCUT2D eigenvalue weighted by molar-refractivity contribution is -0.135. The highest BCUT2D eigenvalue weighted by molar-refractivity contribution is 5.96. The van der Waals surface area contributed by atoms with Crippen molar-refractivity contribution in [3.63, 3.8) is 0 Å². The van der Waals surface area contributed by atoms with Gasteiger partial charge in [0.1, 0.15) is 0 Å². The summed E-state index contributed by atoms with van der Waals surface area (Å²) < 4.78 is 1.76. The van der Waals surface area contributed by atoms with Crippen LogP contribution in [-0.4, -0.2) is 57.6 Å². The largest absolute Gasteiger partial charge is 0.342 e. The molecule has 1 unspecified atom stereocenters. The van der Waals surface area contributed by atoms with Crippen molar-refractivity contribution in [1.29, 1.82) is 0 Å². The summed E-state index contributed by atoms with van der Waals surface area (Å²) in [5.41, 5.74) is 2.42. The normalized spacial score (nSPS) is 20.7. The van der Waals surface area contributed by atoms with Crippen LogP contribution in [0.3, 0.4) is 0 Å². The second-order valence-corrected chi connectivity index (χ2v) is 8.53. The van der Waals surface area contributed by atoms with Gasteiger partial charge in [-0.1, -0.05) is 30.3 Å². The molecule has 2 aliphatic heterocycles. The minimum absolute atomic E-state index is 0.000532. The first-order valence-electron chi connectivity index (χ1n) is 10.9. The van der Waals surface area contributed by atoms with Gasteiger partial charge in [0, 0.05) is 44.1 Å². The predicted molar refractivity (Wildman–Crippen MR) is 118 cm³/mol. The van der Waals surface area contributed by atoms with Crippen molar-refractivity contribution in [2.24, 2.45) is 5.41 Å². The van der Waals surface area contributed by atoms with Gasteiger partial charge in [-0.3, -0.25) is 9.59 Å². The molecule has 5 rings (SSSR count). The van der Waals surface area contributed by atoms with Gasteiger partial charge >= 0.3 is 0 Å². The molecule has 0 aliphatic carbocycles. The van der Waals surface area contributed by atoms with Gasteiger partial charge in [0.15, 0.2) is 0 Å². The molecular weight excluding hydrogens is 388 g/mol. The molecule has 1 aromatic heterocycles. The number of benzene rings is 2. The van der Waals surface area contributed by atoms with Crippen LogP contribution in [-0.2, 0) is 11.2 Å². The molecule has 2 fully saturated rings. The van der Waals surface area contributed by atoms with Gasteiger partial charge in [0.25, 0.3) is 5.91 Å². The molecule has 6 heteroatoms. The monoisotopic (exact) mass is 414 g/mol. The summed E-state index contributed by atoms with van der Waals surface area (Å²) in [6.45, 7) is 2.69. The summed E-state index contributed by atoms with van der Waals surface area (Å²) in [5, 5.41) is 4.22. The Labute approximate surface area is 182 Å². The van der Waals surface area contributed by atoms with E-state index in [4.69, 9.17) is 0 Å². The van der Waals surface area contributed by atoms with E-state index < -0.39 is 5.41 Å². The Hall–Kier alpha value is -3.41. The summed E-state index contributed by atoms with van der Waals surface area (Å²) in [6, 6.07) is 19.6. The zero-order chi connectivity index (χ0) is 21.3. The molecule has 2 saturated heterocycles. The first-order valence-corrected chi connectivity index (χ1v) is 10.9. The quantitative estimate of drug-likeness (QED) is 0.644. The zero-order valence-corrected chi connectivity index (χ0v) is 17.5. The number of amides is 2. The average molecular weight is 415 g/mol. The third-order valence-corrected chi connectivity index (χ3v) is 6.64. The maximum atomic E-state index is 13.2. The van der Waals surface area contributed by atoms with Crippen molar-refractivity contribution in [3.8, 4) is 5.69 Å². The van der Waals surface area contributed by atoms with Crippen molar-refractivity contribution >= 4 is 11.8 Å². The van der Waals surface area contributed by atoms with Crippen LogP contribution in [0.25, 0.3) is 5.69 Å². The highest BCUT2D eigenvalue weighted by Gasteiger charge is 2.51. The highest BCUT2D eigenvalue weighted by atomic mass is 16.2. The highest BCUT2D eigenvalue weighted by Crippen LogP contribution is 2.41. The summed E-state index contributed by atoms with van der Waals surface area (Å²) in [4.78, 5) is 30.1. The summed E-state index contributed by atoms with van der Waals surface area (Å²) >= 11 is 0. The second-order valence-electron chi connectivity index (χ2n) is 8.53. The number of hydrogen-bond donors (Lipinski definition) is 0. The minimum atomic E-state index is -0.401. The van der Waals surface area contributed by atoms with Crippen molar-refractivity contribution in [1.82, 2.24) is 19.6 Å². The number of nitrogens with zero attached hydrogens (tertiary/aromatic N) is 4. The molecule has 3 heterocycles. The van der Waals surface area contributed by atoms with Gasteiger partial charge in [0.05, 0.1) is 11.1 Å². The first kappa shape index (κ1) is 19.5. The Morgan fingerprint density at radius 2 is 1.74 bits per heavy atom. The molecule has 0 N–H and O–H groups in total. The number of aromatic nitrogens is 2. The molecule has 0 saturated carbocycles. The van der Waals surface area contributed by atoms with E-state index in [0.717, 1.165) is 38.0 Å². The topological polar surface area (TPSA) is 58.4 Å². The lowest BCUT2D eigenvalue weighted by Gasteiger charge is -2.24. The summed E-state index contributed by atoms with van der Waals surface area (Å²) in [7, 11) is 0. The molecule has 1 atom stereocenters. The number of rotatable bonds is 5. The maximum Gasteiger partial charge on any atom is 0.253 e. The first-order chi connectivity index (χ1) is 15.1. The van der Waals surface area contributed by atoms with Crippen molar-refractivity contribution in [2.75, 3.05) is 26.2 Å². The van der Waals surface area contributed by atoms with Crippen LogP contribution >= 0.6 is 0 Å². The SMILES string of the molecule is O=C(c1ccc(-n2cccn2)cc1)N1CCC2(CCN(CCc3ccccc3)C2=O)C1. The summed E-state index contributed by atoms with van der Waals surface area (Å²) in [5.74, 6) is 0.215. The Balaban J connectivity index is 1.22. The average Bonchev–Trinajstić information content (AvgIpc) is 3.56. The Kier molecular flexibility index (Phi) is 5.06. The minimum Gasteiger partial charge on any atom is -0.342 e. The summed E-state index contributed by atoms with van der Waals surface area (Å²) in [6.07, 6.45) is 6.06. The van der Waals surface area contributed by atoms with Crippen LogP contribution in [0.1, 0.15) is 28.8 Å². The maximum absolute atomic E-state index is 13.2. The fourth-order valence-corrected chi connectivity index (χ4v) is 4.80. The molecule has 2 amide bonds. The number of hydrogen-bond acceptors (Lipinski definition) is 3. The number of likely N-dealkylation sites (tertiary alicyclic amines) is 2. The standard InChI is InChI=1S/C25H26N4O2/c30-23(21-7-9-22(10-8-21)29-15-4-14-26-29)28-18-13-25(19-28)12-17-27(24(25)31)16-11-20-5-2-1-3-6-20/h1-10,14-15H,11-13,16-19H2. The molecule has 2 aliphatic rings. The van der Waals surface area contributed by atoms with Crippen molar-refractivity contribution < 1.29 is 9.59 Å². The lowest BCUT2D eigenvalue weighted by atomic mass is 9.85. The van der Waals surface area contributed by atoms with Crippen LogP contribution in [0, 0.1) is 5.41 Å². The second kappa shape index (κ2) is 8.02. The Morgan fingerprint density at radius 3 is 2.48 bits per heavy atom. The number of carbonyl (C=O) groups excluding carboxylic acids is 2. The van der Waals surface area contributed by atoms with E-state index in [1.807, 2.05) is 64.5 Å². The third kappa shape index (κ3) is 3.74. The van der Waals surface area contributed by atoms with Gasteiger partial charge in [0.2, 0.25) is 5.91 Å². The van der Waals surface area contributed by atoms with Crippen LogP contribution in [0.15, 0.2) is 73.1 Å². The van der Waals surface area contributed by atoms with Gasteiger partial charge in [-0.25, -0.2) is 4.68 Å². The van der Waals surface area contributed by atoms with E-state index >= 15 is 0 Å². The van der Waals surface area contributed by atoms with Crippen LogP contribution in [0.2, 0.25) is 0 Å². The van der Waals surface area contributed by atoms with E-state index in [9.17, 15) is 9.59 Å². The van der Waals surface area contributed by atoms with Gasteiger partial charge in [-0.05, 0) is 55.2 Å². The lowest BCUT2D eigenvalue weighted by Crippen LogP contribution is -2.39. The smallest absolute Gasteiger partial charge is 0.253 e. The molecule has 2 aromatic carbocycles. The molecular formula is C25H26N4O2. The van der Waals surface area contributed by atoms with Crippen LogP contribution < -0.4 is 0 Å². The van der Waals surface area contributed by atoms with E-state index in [1.54, 1.807) is 10.9 Å². The van der Waals surface area contributed by atoms with Crippen LogP contribution in [0.4, 0.5) is 0 Å². The van der Waals surface area contributed by atoms with Crippen molar-refractivity contribution in [2.45, 2.75) is 19.3 Å². The fourth-order valence-electron chi connectivity index (χ4n) is 4.80. The molecule has 6 nitrogen and oxygen atoms in total. The van der Waals surface area contributed by atoms with Crippen molar-refractivity contribution in [3.05, 3.63) is 84.2 Å².